The van der Waals surface area contributed by atoms with Gasteiger partial charge in [-0.1, -0.05) is 35.9 Å². The molecule has 3 nitrogen and oxygen atoms in total. The van der Waals surface area contributed by atoms with Gasteiger partial charge in [0.05, 0.1) is 18.5 Å². The predicted octanol–water partition coefficient (Wildman–Crippen LogP) is 4.54. The van der Waals surface area contributed by atoms with Crippen molar-refractivity contribution in [1.82, 2.24) is 0 Å². The summed E-state index contributed by atoms with van der Waals surface area (Å²) in [5.41, 5.74) is 3.02. The molecule has 0 saturated carbocycles. The molecule has 0 aromatic heterocycles. The molecule has 0 spiro atoms. The van der Waals surface area contributed by atoms with Crippen LogP contribution in [0.4, 0.5) is 0 Å². The van der Waals surface area contributed by atoms with Crippen molar-refractivity contribution in [2.24, 2.45) is 0 Å². The Balaban J connectivity index is 3.13. The Labute approximate surface area is 109 Å². The molecule has 0 heterocycles. The summed E-state index contributed by atoms with van der Waals surface area (Å²) in [7, 11) is -3.27. The largest absolute Gasteiger partial charge is 0.361 e. The number of rotatable bonds is 6. The molecular weight excluding hydrogens is 247 g/mol. The Morgan fingerprint density at radius 3 is 1.94 bits per heavy atom. The molecule has 100 valence electrons. The summed E-state index contributed by atoms with van der Waals surface area (Å²) in [6.45, 7) is 12.1. The zero-order valence-corrected chi connectivity index (χ0v) is 12.4. The third-order valence-corrected chi connectivity index (χ3v) is 4.60. The first kappa shape index (κ1) is 15.2. The van der Waals surface area contributed by atoms with Crippen LogP contribution in [-0.2, 0) is 13.6 Å². The average molecular weight is 268 g/mol. The average Bonchev–Trinajstić information content (AvgIpc) is 2.27. The molecule has 0 radical (unpaired) electrons. The maximum Gasteiger partial charge on any atom is 0.361 e. The van der Waals surface area contributed by atoms with Crippen molar-refractivity contribution >= 4 is 12.9 Å². The summed E-state index contributed by atoms with van der Waals surface area (Å²) in [6.07, 6.45) is 0. The number of hydrogen-bond acceptors (Lipinski definition) is 3. The third kappa shape index (κ3) is 3.55. The predicted molar refractivity (Wildman–Crippen MR) is 75.8 cm³/mol. The van der Waals surface area contributed by atoms with E-state index in [1.165, 1.54) is 0 Å². The van der Waals surface area contributed by atoms with E-state index < -0.39 is 7.60 Å². The first-order chi connectivity index (χ1) is 8.42. The molecule has 1 rings (SSSR count). The lowest BCUT2D eigenvalue weighted by atomic mass is 10.1. The van der Waals surface area contributed by atoms with E-state index in [0.29, 0.717) is 18.5 Å². The van der Waals surface area contributed by atoms with Crippen LogP contribution >= 0.6 is 7.60 Å². The van der Waals surface area contributed by atoms with Crippen LogP contribution in [-0.4, -0.2) is 13.2 Å². The maximum absolute atomic E-state index is 12.6. The lowest BCUT2D eigenvalue weighted by Gasteiger charge is -2.19. The minimum absolute atomic E-state index is 0.334. The Kier molecular flexibility index (Phi) is 5.33. The monoisotopic (exact) mass is 268 g/mol. The second-order valence-corrected chi connectivity index (χ2v) is 6.21. The van der Waals surface area contributed by atoms with Gasteiger partial charge in [0, 0.05) is 0 Å². The Hall–Kier alpha value is -0.890. The lowest BCUT2D eigenvalue weighted by molar-refractivity contribution is 0.230. The van der Waals surface area contributed by atoms with Crippen molar-refractivity contribution in [3.8, 4) is 0 Å². The standard InChI is InChI=1S/C14H21O3P/c1-6-16-18(15,17-7-2)13(5)14-9-11(3)8-12(4)10-14/h8-10H,5-7H2,1-4H3. The summed E-state index contributed by atoms with van der Waals surface area (Å²) >= 11 is 0. The molecule has 0 aliphatic rings. The van der Waals surface area contributed by atoms with Crippen molar-refractivity contribution in [3.63, 3.8) is 0 Å². The first-order valence-corrected chi connectivity index (χ1v) is 7.64. The molecule has 0 saturated heterocycles. The highest BCUT2D eigenvalue weighted by Gasteiger charge is 2.29. The summed E-state index contributed by atoms with van der Waals surface area (Å²) in [4.78, 5) is 0. The van der Waals surface area contributed by atoms with Crippen LogP contribution in [0.5, 0.6) is 0 Å². The van der Waals surface area contributed by atoms with Gasteiger partial charge in [-0.15, -0.1) is 0 Å². The second-order valence-electron chi connectivity index (χ2n) is 4.16. The van der Waals surface area contributed by atoms with E-state index >= 15 is 0 Å². The Morgan fingerprint density at radius 1 is 1.11 bits per heavy atom. The van der Waals surface area contributed by atoms with Crippen molar-refractivity contribution in [1.29, 1.82) is 0 Å². The minimum Gasteiger partial charge on any atom is -0.305 e. The SMILES string of the molecule is C=C(c1cc(C)cc(C)c1)P(=O)(OCC)OCC. The van der Waals surface area contributed by atoms with Gasteiger partial charge in [0.25, 0.3) is 0 Å². The van der Waals surface area contributed by atoms with Gasteiger partial charge in [-0.3, -0.25) is 4.57 Å². The fourth-order valence-corrected chi connectivity index (χ4v) is 3.34. The topological polar surface area (TPSA) is 35.5 Å². The van der Waals surface area contributed by atoms with E-state index in [-0.39, 0.29) is 0 Å². The highest BCUT2D eigenvalue weighted by atomic mass is 31.2. The molecule has 0 aliphatic heterocycles. The van der Waals surface area contributed by atoms with Gasteiger partial charge < -0.3 is 9.05 Å². The van der Waals surface area contributed by atoms with Gasteiger partial charge in [-0.25, -0.2) is 0 Å². The van der Waals surface area contributed by atoms with E-state index in [1.54, 1.807) is 13.8 Å². The number of hydrogen-bond donors (Lipinski definition) is 0. The van der Waals surface area contributed by atoms with E-state index in [2.05, 4.69) is 12.6 Å². The van der Waals surface area contributed by atoms with Gasteiger partial charge in [0.15, 0.2) is 0 Å². The van der Waals surface area contributed by atoms with E-state index in [9.17, 15) is 4.57 Å². The summed E-state index contributed by atoms with van der Waals surface area (Å²) in [6, 6.07) is 5.95. The molecule has 0 aliphatic carbocycles. The molecule has 1 aromatic rings. The van der Waals surface area contributed by atoms with E-state index in [1.807, 2.05) is 26.0 Å². The maximum atomic E-state index is 12.6. The fourth-order valence-electron chi connectivity index (χ4n) is 1.83. The van der Waals surface area contributed by atoms with Gasteiger partial charge in [-0.2, -0.15) is 0 Å². The van der Waals surface area contributed by atoms with E-state index in [4.69, 9.17) is 9.05 Å². The van der Waals surface area contributed by atoms with Crippen molar-refractivity contribution in [2.75, 3.05) is 13.2 Å². The highest BCUT2D eigenvalue weighted by molar-refractivity contribution is 7.65. The van der Waals surface area contributed by atoms with Crippen molar-refractivity contribution in [2.45, 2.75) is 27.7 Å². The van der Waals surface area contributed by atoms with Crippen molar-refractivity contribution in [3.05, 3.63) is 41.5 Å². The van der Waals surface area contributed by atoms with Crippen LogP contribution in [0.15, 0.2) is 24.8 Å². The highest BCUT2D eigenvalue weighted by Crippen LogP contribution is 2.59. The second kappa shape index (κ2) is 6.33. The Bertz CT molecular complexity index is 450. The summed E-state index contributed by atoms with van der Waals surface area (Å²) < 4.78 is 23.2. The molecule has 18 heavy (non-hydrogen) atoms. The lowest BCUT2D eigenvalue weighted by Crippen LogP contribution is -1.98. The normalized spacial score (nSPS) is 11.6. The number of benzene rings is 1. The summed E-state index contributed by atoms with van der Waals surface area (Å²) in [5, 5.41) is 0.429. The van der Waals surface area contributed by atoms with E-state index in [0.717, 1.165) is 16.7 Å². The molecule has 0 fully saturated rings. The molecule has 0 N–H and O–H groups in total. The quantitative estimate of drug-likeness (QED) is 0.710. The van der Waals surface area contributed by atoms with Crippen LogP contribution < -0.4 is 0 Å². The summed E-state index contributed by atoms with van der Waals surface area (Å²) in [5.74, 6) is 0. The van der Waals surface area contributed by atoms with Gasteiger partial charge in [-0.05, 0) is 33.3 Å². The first-order valence-electron chi connectivity index (χ1n) is 6.10. The molecule has 0 amide bonds. The van der Waals surface area contributed by atoms with Crippen LogP contribution in [0, 0.1) is 13.8 Å². The van der Waals surface area contributed by atoms with Crippen LogP contribution in [0.3, 0.4) is 0 Å². The zero-order valence-electron chi connectivity index (χ0n) is 11.5. The Morgan fingerprint density at radius 2 is 1.56 bits per heavy atom. The van der Waals surface area contributed by atoms with Crippen LogP contribution in [0.25, 0.3) is 5.31 Å². The number of aryl methyl sites for hydroxylation is 2. The zero-order chi connectivity index (χ0) is 13.8. The van der Waals surface area contributed by atoms with Gasteiger partial charge in [0.2, 0.25) is 0 Å². The molecule has 0 unspecified atom stereocenters. The minimum atomic E-state index is -3.27. The van der Waals surface area contributed by atoms with Crippen LogP contribution in [0.2, 0.25) is 0 Å². The molecule has 4 heteroatoms. The van der Waals surface area contributed by atoms with Crippen LogP contribution in [0.1, 0.15) is 30.5 Å². The van der Waals surface area contributed by atoms with Gasteiger partial charge >= 0.3 is 7.60 Å². The third-order valence-electron chi connectivity index (χ3n) is 2.48. The molecule has 1 aromatic carbocycles. The smallest absolute Gasteiger partial charge is 0.305 e. The molecule has 0 bridgehead atoms. The fraction of sp³-hybridized carbons (Fsp3) is 0.429. The molecular formula is C14H21O3P. The van der Waals surface area contributed by atoms with Crippen molar-refractivity contribution < 1.29 is 13.6 Å². The van der Waals surface area contributed by atoms with Gasteiger partial charge in [0.1, 0.15) is 0 Å². The molecule has 0 atom stereocenters.